The topological polar surface area (TPSA) is 73.8 Å². The first kappa shape index (κ1) is 19.0. The molecule has 27 heavy (non-hydrogen) atoms. The largest absolute Gasteiger partial charge is 0.495 e. The molecule has 1 saturated heterocycles. The number of hydrogen-bond acceptors (Lipinski definition) is 6. The van der Waals surface area contributed by atoms with Crippen molar-refractivity contribution >= 4 is 34.8 Å². The van der Waals surface area contributed by atoms with Crippen molar-refractivity contribution in [2.75, 3.05) is 62.5 Å². The van der Waals surface area contributed by atoms with Gasteiger partial charge in [-0.15, -0.1) is 5.10 Å². The number of halogens is 1. The Morgan fingerprint density at radius 2 is 1.96 bits per heavy atom. The molecule has 144 valence electrons. The number of methoxy groups -OCH3 is 1. The van der Waals surface area contributed by atoms with Crippen LogP contribution in [0.2, 0.25) is 5.02 Å². The first-order valence-electron chi connectivity index (χ1n) is 8.62. The third-order valence-corrected chi connectivity index (χ3v) is 4.66. The van der Waals surface area contributed by atoms with Gasteiger partial charge >= 0.3 is 6.03 Å². The smallest absolute Gasteiger partial charge is 0.322 e. The summed E-state index contributed by atoms with van der Waals surface area (Å²) in [7, 11) is 5.42. The van der Waals surface area contributed by atoms with Crippen LogP contribution in [0.25, 0.3) is 0 Å². The fraction of sp³-hybridized carbons (Fsp3) is 0.389. The van der Waals surface area contributed by atoms with Gasteiger partial charge in [0.05, 0.1) is 24.7 Å². The molecule has 2 amide bonds. The van der Waals surface area contributed by atoms with Gasteiger partial charge in [-0.05, 0) is 18.2 Å². The van der Waals surface area contributed by atoms with Crippen molar-refractivity contribution in [1.29, 1.82) is 0 Å². The second-order valence-corrected chi connectivity index (χ2v) is 6.85. The van der Waals surface area contributed by atoms with Gasteiger partial charge in [-0.3, -0.25) is 0 Å². The van der Waals surface area contributed by atoms with E-state index in [1.807, 2.05) is 25.1 Å². The normalized spacial score (nSPS) is 14.1. The highest BCUT2D eigenvalue weighted by Gasteiger charge is 2.22. The zero-order valence-electron chi connectivity index (χ0n) is 15.6. The molecule has 1 fully saturated rings. The second-order valence-electron chi connectivity index (χ2n) is 6.42. The van der Waals surface area contributed by atoms with Gasteiger partial charge in [0.25, 0.3) is 0 Å². The van der Waals surface area contributed by atoms with Crippen molar-refractivity contribution < 1.29 is 9.53 Å². The van der Waals surface area contributed by atoms with Gasteiger partial charge in [-0.1, -0.05) is 11.6 Å². The van der Waals surface area contributed by atoms with Gasteiger partial charge < -0.3 is 24.8 Å². The average Bonchev–Trinajstić information content (AvgIpc) is 2.68. The van der Waals surface area contributed by atoms with Crippen molar-refractivity contribution in [2.45, 2.75) is 0 Å². The van der Waals surface area contributed by atoms with Crippen LogP contribution < -0.4 is 19.9 Å². The third-order valence-electron chi connectivity index (χ3n) is 4.42. The summed E-state index contributed by atoms with van der Waals surface area (Å²) in [5, 5.41) is 11.6. The Bertz CT molecular complexity index is 808. The van der Waals surface area contributed by atoms with Crippen LogP contribution in [0.5, 0.6) is 5.75 Å². The lowest BCUT2D eigenvalue weighted by Gasteiger charge is -2.36. The predicted molar refractivity (Wildman–Crippen MR) is 107 cm³/mol. The minimum atomic E-state index is -0.169. The molecule has 3 rings (SSSR count). The Hall–Kier alpha value is -2.74. The molecule has 8 nitrogen and oxygen atoms in total. The SMILES string of the molecule is COc1ccc(Cl)cc1NC(=O)N1CCN(c2cnnc(N(C)C)c2)CC1. The number of carbonyl (C=O) groups excluding carboxylic acids is 1. The van der Waals surface area contributed by atoms with Gasteiger partial charge in [-0.25, -0.2) is 4.79 Å². The number of rotatable bonds is 4. The highest BCUT2D eigenvalue weighted by atomic mass is 35.5. The van der Waals surface area contributed by atoms with Crippen LogP contribution in [-0.2, 0) is 0 Å². The summed E-state index contributed by atoms with van der Waals surface area (Å²) in [5.41, 5.74) is 1.57. The Morgan fingerprint density at radius 3 is 2.63 bits per heavy atom. The number of urea groups is 1. The van der Waals surface area contributed by atoms with E-state index in [0.29, 0.717) is 29.5 Å². The van der Waals surface area contributed by atoms with E-state index in [2.05, 4.69) is 20.4 Å². The molecule has 2 heterocycles. The molecule has 0 aliphatic carbocycles. The number of aromatic nitrogens is 2. The van der Waals surface area contributed by atoms with E-state index < -0.39 is 0 Å². The molecule has 9 heteroatoms. The number of ether oxygens (including phenoxy) is 1. The first-order chi connectivity index (χ1) is 13.0. The lowest BCUT2D eigenvalue weighted by Crippen LogP contribution is -2.50. The standard InChI is InChI=1S/C18H23ClN6O2/c1-23(2)17-11-14(12-20-22-17)24-6-8-25(9-7-24)18(26)21-15-10-13(19)4-5-16(15)27-3/h4-5,10-12H,6-9H2,1-3H3,(H,21,26). The average molecular weight is 391 g/mol. The van der Waals surface area contributed by atoms with Crippen LogP contribution in [0.15, 0.2) is 30.5 Å². The van der Waals surface area contributed by atoms with Crippen molar-refractivity contribution in [3.05, 3.63) is 35.5 Å². The van der Waals surface area contributed by atoms with Gasteiger partial charge in [0.2, 0.25) is 0 Å². The van der Waals surface area contributed by atoms with Gasteiger partial charge in [0.1, 0.15) is 5.75 Å². The molecule has 0 unspecified atom stereocenters. The molecule has 0 bridgehead atoms. The maximum absolute atomic E-state index is 12.6. The second kappa shape index (κ2) is 8.30. The number of anilines is 3. The quantitative estimate of drug-likeness (QED) is 0.864. The number of benzene rings is 1. The number of amides is 2. The monoisotopic (exact) mass is 390 g/mol. The molecule has 0 radical (unpaired) electrons. The van der Waals surface area contributed by atoms with Gasteiger partial charge in [0.15, 0.2) is 5.82 Å². The number of nitrogens with one attached hydrogen (secondary N) is 1. The van der Waals surface area contributed by atoms with Crippen LogP contribution in [-0.4, -0.2) is 68.5 Å². The molecule has 0 spiro atoms. The first-order valence-corrected chi connectivity index (χ1v) is 9.00. The fourth-order valence-corrected chi connectivity index (χ4v) is 3.05. The van der Waals surface area contributed by atoms with Crippen LogP contribution >= 0.6 is 11.6 Å². The van der Waals surface area contributed by atoms with E-state index in [1.165, 1.54) is 0 Å². The Labute approximate surface area is 163 Å². The highest BCUT2D eigenvalue weighted by molar-refractivity contribution is 6.31. The van der Waals surface area contributed by atoms with E-state index in [9.17, 15) is 4.79 Å². The lowest BCUT2D eigenvalue weighted by molar-refractivity contribution is 0.208. The van der Waals surface area contributed by atoms with E-state index >= 15 is 0 Å². The molecule has 1 aliphatic heterocycles. The zero-order valence-corrected chi connectivity index (χ0v) is 16.4. The molecular weight excluding hydrogens is 368 g/mol. The van der Waals surface area contributed by atoms with Gasteiger partial charge in [0, 0.05) is 51.4 Å². The van der Waals surface area contributed by atoms with E-state index in [0.717, 1.165) is 24.6 Å². The molecule has 2 aromatic rings. The van der Waals surface area contributed by atoms with Crippen LogP contribution in [0.4, 0.5) is 22.0 Å². The lowest BCUT2D eigenvalue weighted by atomic mass is 10.2. The van der Waals surface area contributed by atoms with Crippen molar-refractivity contribution in [1.82, 2.24) is 15.1 Å². The van der Waals surface area contributed by atoms with Crippen LogP contribution in [0.1, 0.15) is 0 Å². The number of nitrogens with zero attached hydrogens (tertiary/aromatic N) is 5. The summed E-state index contributed by atoms with van der Waals surface area (Å²) in [5.74, 6) is 1.38. The molecule has 1 aromatic carbocycles. The minimum absolute atomic E-state index is 0.169. The maximum atomic E-state index is 12.6. The number of hydrogen-bond donors (Lipinski definition) is 1. The van der Waals surface area contributed by atoms with Crippen LogP contribution in [0, 0.1) is 0 Å². The van der Waals surface area contributed by atoms with E-state index in [1.54, 1.807) is 36.4 Å². The minimum Gasteiger partial charge on any atom is -0.495 e. The maximum Gasteiger partial charge on any atom is 0.322 e. The summed E-state index contributed by atoms with van der Waals surface area (Å²) in [4.78, 5) is 18.5. The van der Waals surface area contributed by atoms with E-state index in [4.69, 9.17) is 16.3 Å². The zero-order chi connectivity index (χ0) is 19.4. The number of carbonyl (C=O) groups is 1. The fourth-order valence-electron chi connectivity index (χ4n) is 2.88. The summed E-state index contributed by atoms with van der Waals surface area (Å²) in [6.45, 7) is 2.65. The summed E-state index contributed by atoms with van der Waals surface area (Å²) >= 11 is 6.02. The van der Waals surface area contributed by atoms with E-state index in [-0.39, 0.29) is 6.03 Å². The summed E-state index contributed by atoms with van der Waals surface area (Å²) in [6, 6.07) is 6.96. The molecule has 1 aromatic heterocycles. The third kappa shape index (κ3) is 4.51. The Kier molecular flexibility index (Phi) is 5.85. The Balaban J connectivity index is 1.61. The molecule has 0 atom stereocenters. The van der Waals surface area contributed by atoms with Crippen molar-refractivity contribution in [3.63, 3.8) is 0 Å². The molecule has 0 saturated carbocycles. The van der Waals surface area contributed by atoms with Crippen LogP contribution in [0.3, 0.4) is 0 Å². The van der Waals surface area contributed by atoms with Crippen molar-refractivity contribution in [2.24, 2.45) is 0 Å². The molecular formula is C18H23ClN6O2. The van der Waals surface area contributed by atoms with Gasteiger partial charge in [-0.2, -0.15) is 5.10 Å². The Morgan fingerprint density at radius 1 is 1.22 bits per heavy atom. The number of piperazine rings is 1. The molecule has 1 aliphatic rings. The summed E-state index contributed by atoms with van der Waals surface area (Å²) in [6.07, 6.45) is 1.75. The highest BCUT2D eigenvalue weighted by Crippen LogP contribution is 2.28. The predicted octanol–water partition coefficient (Wildman–Crippen LogP) is 2.56. The summed E-state index contributed by atoms with van der Waals surface area (Å²) < 4.78 is 5.28. The molecule has 1 N–H and O–H groups in total. The van der Waals surface area contributed by atoms with Crippen molar-refractivity contribution in [3.8, 4) is 5.75 Å².